The molecule has 2 aromatic heterocycles. The Labute approximate surface area is 156 Å². The number of carbonyl (C=O) groups is 2. The van der Waals surface area contributed by atoms with Gasteiger partial charge in [-0.2, -0.15) is 0 Å². The highest BCUT2D eigenvalue weighted by Gasteiger charge is 2.40. The van der Waals surface area contributed by atoms with E-state index in [4.69, 9.17) is 0 Å². The molecule has 26 heavy (non-hydrogen) atoms. The molecule has 2 bridgehead atoms. The molecule has 4 fully saturated rings. The summed E-state index contributed by atoms with van der Waals surface area (Å²) in [5, 5.41) is 5.94. The van der Waals surface area contributed by atoms with Gasteiger partial charge in [-0.25, -0.2) is 4.98 Å². The quantitative estimate of drug-likeness (QED) is 0.839. The van der Waals surface area contributed by atoms with Crippen LogP contribution < -0.4 is 5.32 Å². The molecule has 6 nitrogen and oxygen atoms in total. The Hall–Kier alpha value is -1.99. The fourth-order valence-corrected chi connectivity index (χ4v) is 5.30. The number of rotatable bonds is 3. The minimum Gasteiger partial charge on any atom is -0.346 e. The highest BCUT2D eigenvalue weighted by Crippen LogP contribution is 2.32. The van der Waals surface area contributed by atoms with Crippen molar-refractivity contribution in [3.05, 3.63) is 28.9 Å². The summed E-state index contributed by atoms with van der Waals surface area (Å²) in [5.74, 6) is 0.484. The SMILES string of the molecule is C[C@H]1[C@H](NC(=O)c2cc3c(C(=O)N4CC4)csc3cn2)C2CCN1CC2. The number of hydrogen-bond acceptors (Lipinski definition) is 5. The third-order valence-electron chi connectivity index (χ3n) is 6.13. The van der Waals surface area contributed by atoms with E-state index >= 15 is 0 Å². The molecule has 4 saturated heterocycles. The Morgan fingerprint density at radius 3 is 2.69 bits per heavy atom. The number of hydrogen-bond donors (Lipinski definition) is 1. The van der Waals surface area contributed by atoms with Crippen molar-refractivity contribution in [1.29, 1.82) is 0 Å². The molecule has 0 spiro atoms. The lowest BCUT2D eigenvalue weighted by Gasteiger charge is -2.49. The number of nitrogens with one attached hydrogen (secondary N) is 1. The second-order valence-corrected chi connectivity index (χ2v) is 8.53. The molecule has 7 heteroatoms. The normalized spacial score (nSPS) is 29.8. The van der Waals surface area contributed by atoms with Gasteiger partial charge in [-0.05, 0) is 44.8 Å². The van der Waals surface area contributed by atoms with Crippen molar-refractivity contribution >= 4 is 33.2 Å². The topological polar surface area (TPSA) is 65.3 Å². The van der Waals surface area contributed by atoms with Crippen LogP contribution in [0, 0.1) is 5.92 Å². The molecule has 136 valence electrons. The van der Waals surface area contributed by atoms with Crippen molar-refractivity contribution in [2.45, 2.75) is 31.8 Å². The molecule has 0 aromatic carbocycles. The number of amides is 2. The molecule has 2 atom stereocenters. The Kier molecular flexibility index (Phi) is 3.76. The van der Waals surface area contributed by atoms with Gasteiger partial charge in [-0.3, -0.25) is 14.5 Å². The first-order valence-electron chi connectivity index (χ1n) is 9.33. The van der Waals surface area contributed by atoms with E-state index < -0.39 is 0 Å². The van der Waals surface area contributed by atoms with Crippen LogP contribution in [0.3, 0.4) is 0 Å². The van der Waals surface area contributed by atoms with Crippen LogP contribution in [0.2, 0.25) is 0 Å². The van der Waals surface area contributed by atoms with E-state index in [2.05, 4.69) is 22.1 Å². The standard InChI is InChI=1S/C19H22N4O2S/c1-11-17(12-2-4-22(11)5-3-12)21-18(24)15-8-13-14(19(25)23-6-7-23)10-26-16(13)9-20-15/h8-12,17H,2-7H2,1H3,(H,21,24)/t11-,17-/m0/s1. The zero-order valence-electron chi connectivity index (χ0n) is 14.8. The van der Waals surface area contributed by atoms with Gasteiger partial charge in [-0.1, -0.05) is 0 Å². The van der Waals surface area contributed by atoms with Crippen LogP contribution in [0.25, 0.3) is 10.1 Å². The molecular weight excluding hydrogens is 348 g/mol. The average Bonchev–Trinajstić information content (AvgIpc) is 3.43. The van der Waals surface area contributed by atoms with Gasteiger partial charge in [0, 0.05) is 42.1 Å². The third-order valence-corrected chi connectivity index (χ3v) is 7.07. The number of fused-ring (bicyclic) bond motifs is 4. The van der Waals surface area contributed by atoms with E-state index in [1.54, 1.807) is 17.2 Å². The van der Waals surface area contributed by atoms with E-state index in [1.165, 1.54) is 11.3 Å². The summed E-state index contributed by atoms with van der Waals surface area (Å²) in [4.78, 5) is 33.9. The Morgan fingerprint density at radius 2 is 2.00 bits per heavy atom. The van der Waals surface area contributed by atoms with Crippen LogP contribution in [0.5, 0.6) is 0 Å². The zero-order valence-corrected chi connectivity index (χ0v) is 15.6. The molecule has 6 heterocycles. The largest absolute Gasteiger partial charge is 0.346 e. The first-order chi connectivity index (χ1) is 12.6. The van der Waals surface area contributed by atoms with Crippen molar-refractivity contribution in [3.8, 4) is 0 Å². The van der Waals surface area contributed by atoms with Gasteiger partial charge in [-0.15, -0.1) is 11.3 Å². The summed E-state index contributed by atoms with van der Waals surface area (Å²) in [6.45, 7) is 6.13. The summed E-state index contributed by atoms with van der Waals surface area (Å²) < 4.78 is 0.947. The minimum atomic E-state index is -0.131. The lowest BCUT2D eigenvalue weighted by molar-refractivity contribution is 0.0216. The molecule has 0 saturated carbocycles. The number of nitrogens with zero attached hydrogens (tertiary/aromatic N) is 3. The van der Waals surface area contributed by atoms with Crippen molar-refractivity contribution < 1.29 is 9.59 Å². The van der Waals surface area contributed by atoms with Crippen molar-refractivity contribution in [3.63, 3.8) is 0 Å². The van der Waals surface area contributed by atoms with E-state index in [9.17, 15) is 9.59 Å². The predicted molar refractivity (Wildman–Crippen MR) is 101 cm³/mol. The molecule has 1 N–H and O–H groups in total. The fourth-order valence-electron chi connectivity index (χ4n) is 4.42. The average molecular weight is 370 g/mol. The van der Waals surface area contributed by atoms with Gasteiger partial charge in [0.05, 0.1) is 10.3 Å². The number of piperidine rings is 3. The number of thiophene rings is 1. The maximum Gasteiger partial charge on any atom is 0.270 e. The first kappa shape index (κ1) is 16.2. The van der Waals surface area contributed by atoms with E-state index in [1.807, 2.05) is 5.38 Å². The molecule has 2 aromatic rings. The molecule has 0 unspecified atom stereocenters. The van der Waals surface area contributed by atoms with Crippen LogP contribution in [-0.2, 0) is 0 Å². The summed E-state index contributed by atoms with van der Waals surface area (Å²) in [6.07, 6.45) is 4.02. The number of pyridine rings is 1. The highest BCUT2D eigenvalue weighted by atomic mass is 32.1. The van der Waals surface area contributed by atoms with Crippen molar-refractivity contribution in [1.82, 2.24) is 20.1 Å². The summed E-state index contributed by atoms with van der Waals surface area (Å²) >= 11 is 1.51. The van der Waals surface area contributed by atoms with Gasteiger partial charge < -0.3 is 10.2 Å². The lowest BCUT2D eigenvalue weighted by atomic mass is 9.79. The molecule has 6 rings (SSSR count). The molecule has 4 aliphatic rings. The third kappa shape index (κ3) is 2.61. The second kappa shape index (κ2) is 6.03. The molecule has 0 aliphatic carbocycles. The Bertz CT molecular complexity index is 881. The molecular formula is C19H22N4O2S. The van der Waals surface area contributed by atoms with E-state index in [0.717, 1.165) is 49.1 Å². The molecule has 2 amide bonds. The van der Waals surface area contributed by atoms with Crippen LogP contribution >= 0.6 is 11.3 Å². The zero-order chi connectivity index (χ0) is 17.8. The highest BCUT2D eigenvalue weighted by molar-refractivity contribution is 7.17. The van der Waals surface area contributed by atoms with Crippen LogP contribution in [0.15, 0.2) is 17.6 Å². The van der Waals surface area contributed by atoms with Crippen LogP contribution in [0.4, 0.5) is 0 Å². The predicted octanol–water partition coefficient (Wildman–Crippen LogP) is 1.96. The summed E-state index contributed by atoms with van der Waals surface area (Å²) in [5.41, 5.74) is 1.09. The maximum absolute atomic E-state index is 12.8. The van der Waals surface area contributed by atoms with Gasteiger partial charge in [0.25, 0.3) is 11.8 Å². The van der Waals surface area contributed by atoms with Gasteiger partial charge >= 0.3 is 0 Å². The minimum absolute atomic E-state index is 0.0554. The van der Waals surface area contributed by atoms with Crippen LogP contribution in [-0.4, -0.2) is 64.9 Å². The molecule has 4 aliphatic heterocycles. The summed E-state index contributed by atoms with van der Waals surface area (Å²) in [7, 11) is 0. The Morgan fingerprint density at radius 1 is 1.23 bits per heavy atom. The van der Waals surface area contributed by atoms with E-state index in [-0.39, 0.29) is 17.9 Å². The van der Waals surface area contributed by atoms with E-state index in [0.29, 0.717) is 23.2 Å². The second-order valence-electron chi connectivity index (χ2n) is 7.62. The lowest BCUT2D eigenvalue weighted by Crippen LogP contribution is -2.62. The number of aromatic nitrogens is 1. The summed E-state index contributed by atoms with van der Waals surface area (Å²) in [6, 6.07) is 2.34. The van der Waals surface area contributed by atoms with Crippen LogP contribution in [0.1, 0.15) is 40.6 Å². The van der Waals surface area contributed by atoms with Gasteiger partial charge in [0.15, 0.2) is 0 Å². The molecule has 0 radical (unpaired) electrons. The number of carbonyl (C=O) groups excluding carboxylic acids is 2. The fraction of sp³-hybridized carbons (Fsp3) is 0.526. The monoisotopic (exact) mass is 370 g/mol. The van der Waals surface area contributed by atoms with Gasteiger partial charge in [0.1, 0.15) is 5.69 Å². The maximum atomic E-state index is 12.8. The first-order valence-corrected chi connectivity index (χ1v) is 10.2. The smallest absolute Gasteiger partial charge is 0.270 e. The Balaban J connectivity index is 1.40. The van der Waals surface area contributed by atoms with Crippen molar-refractivity contribution in [2.24, 2.45) is 5.92 Å². The van der Waals surface area contributed by atoms with Gasteiger partial charge in [0.2, 0.25) is 0 Å². The van der Waals surface area contributed by atoms with Crippen molar-refractivity contribution in [2.75, 3.05) is 26.2 Å².